The molecule has 1 aliphatic heterocycles. The van der Waals surface area contributed by atoms with Crippen LogP contribution in [0.25, 0.3) is 0 Å². The first-order valence-corrected chi connectivity index (χ1v) is 11.4. The number of Topliss-reactive ketones (excluding diaryl/α,β-unsaturated/α-hetero) is 1. The highest BCUT2D eigenvalue weighted by Crippen LogP contribution is 2.46. The molecule has 0 aromatic heterocycles. The summed E-state index contributed by atoms with van der Waals surface area (Å²) in [5, 5.41) is 3.36. The minimum atomic E-state index is -0.468. The molecular formula is C26H35NO5. The van der Waals surface area contributed by atoms with Crippen molar-refractivity contribution in [2.45, 2.75) is 66.4 Å². The Hall–Kier alpha value is -2.60. The van der Waals surface area contributed by atoms with Crippen LogP contribution in [0.5, 0.6) is 5.75 Å². The van der Waals surface area contributed by atoms with Gasteiger partial charge in [-0.15, -0.1) is 0 Å². The van der Waals surface area contributed by atoms with Gasteiger partial charge in [-0.3, -0.25) is 4.79 Å². The zero-order chi connectivity index (χ0) is 23.5. The van der Waals surface area contributed by atoms with Crippen LogP contribution in [0.4, 0.5) is 0 Å². The standard InChI is InChI=1S/C26H35NO5/c1-7-30-19-10-8-18(9-11-19)23-22(25(29)32-13-12-31-16(2)3)17(4)27-20-14-26(5,6)15-21(28)24(20)23/h8-11,16,23,27H,7,12-15H2,1-6H3/t23-/m0/s1. The van der Waals surface area contributed by atoms with Crippen LogP contribution in [-0.2, 0) is 19.1 Å². The average molecular weight is 442 g/mol. The maximum Gasteiger partial charge on any atom is 0.336 e. The van der Waals surface area contributed by atoms with Crippen LogP contribution in [0.2, 0.25) is 0 Å². The van der Waals surface area contributed by atoms with E-state index in [1.165, 1.54) is 0 Å². The molecule has 6 nitrogen and oxygen atoms in total. The second-order valence-electron chi connectivity index (χ2n) is 9.49. The van der Waals surface area contributed by atoms with E-state index in [1.54, 1.807) is 0 Å². The van der Waals surface area contributed by atoms with Gasteiger partial charge in [-0.25, -0.2) is 4.79 Å². The number of ketones is 1. The summed E-state index contributed by atoms with van der Waals surface area (Å²) in [6, 6.07) is 7.63. The topological polar surface area (TPSA) is 73.9 Å². The fourth-order valence-electron chi connectivity index (χ4n) is 4.46. The number of hydrogen-bond donors (Lipinski definition) is 1. The van der Waals surface area contributed by atoms with Gasteiger partial charge in [0.15, 0.2) is 5.78 Å². The third kappa shape index (κ3) is 5.41. The van der Waals surface area contributed by atoms with Crippen LogP contribution in [-0.4, -0.2) is 37.7 Å². The highest BCUT2D eigenvalue weighted by atomic mass is 16.6. The SMILES string of the molecule is CCOc1ccc([C@H]2C(C(=O)OCCOC(C)C)=C(C)NC3=C2C(=O)CC(C)(C)C3)cc1. The lowest BCUT2D eigenvalue weighted by Crippen LogP contribution is -2.38. The number of dihydropyridines is 1. The second kappa shape index (κ2) is 9.90. The summed E-state index contributed by atoms with van der Waals surface area (Å²) >= 11 is 0. The van der Waals surface area contributed by atoms with Crippen LogP contribution < -0.4 is 10.1 Å². The molecule has 1 heterocycles. The fourth-order valence-corrected chi connectivity index (χ4v) is 4.46. The van der Waals surface area contributed by atoms with Crippen LogP contribution in [0.15, 0.2) is 46.8 Å². The second-order valence-corrected chi connectivity index (χ2v) is 9.49. The number of benzene rings is 1. The van der Waals surface area contributed by atoms with Crippen molar-refractivity contribution in [3.8, 4) is 5.75 Å². The minimum Gasteiger partial charge on any atom is -0.494 e. The van der Waals surface area contributed by atoms with Crippen molar-refractivity contribution in [1.29, 1.82) is 0 Å². The van der Waals surface area contributed by atoms with Gasteiger partial charge in [0, 0.05) is 29.3 Å². The van der Waals surface area contributed by atoms with Gasteiger partial charge < -0.3 is 19.5 Å². The quantitative estimate of drug-likeness (QED) is 0.467. The molecule has 0 radical (unpaired) electrons. The Morgan fingerprint density at radius 1 is 1.16 bits per heavy atom. The lowest BCUT2D eigenvalue weighted by Gasteiger charge is -2.39. The number of rotatable bonds is 8. The molecule has 32 heavy (non-hydrogen) atoms. The summed E-state index contributed by atoms with van der Waals surface area (Å²) < 4.78 is 16.6. The molecule has 0 bridgehead atoms. The van der Waals surface area contributed by atoms with E-state index in [2.05, 4.69) is 19.2 Å². The summed E-state index contributed by atoms with van der Waals surface area (Å²) in [7, 11) is 0. The molecule has 0 spiro atoms. The zero-order valence-electron chi connectivity index (χ0n) is 20.0. The molecule has 174 valence electrons. The van der Waals surface area contributed by atoms with E-state index < -0.39 is 11.9 Å². The molecule has 0 unspecified atom stereocenters. The van der Waals surface area contributed by atoms with Crippen molar-refractivity contribution in [2.24, 2.45) is 5.41 Å². The lowest BCUT2D eigenvalue weighted by molar-refractivity contribution is -0.141. The highest BCUT2D eigenvalue weighted by Gasteiger charge is 2.43. The van der Waals surface area contributed by atoms with Gasteiger partial charge in [-0.05, 0) is 57.2 Å². The van der Waals surface area contributed by atoms with Gasteiger partial charge in [0.05, 0.1) is 24.9 Å². The summed E-state index contributed by atoms with van der Waals surface area (Å²) in [6.07, 6.45) is 1.27. The number of allylic oxidation sites excluding steroid dienone is 3. The van der Waals surface area contributed by atoms with E-state index in [4.69, 9.17) is 14.2 Å². The van der Waals surface area contributed by atoms with Gasteiger partial charge in [0.2, 0.25) is 0 Å². The summed E-state index contributed by atoms with van der Waals surface area (Å²) in [4.78, 5) is 26.5. The fraction of sp³-hybridized carbons (Fsp3) is 0.538. The highest BCUT2D eigenvalue weighted by molar-refractivity contribution is 6.04. The molecule has 2 aliphatic rings. The molecule has 1 atom stereocenters. The average Bonchev–Trinajstić information content (AvgIpc) is 2.69. The number of nitrogens with one attached hydrogen (secondary N) is 1. The molecule has 0 saturated carbocycles. The van der Waals surface area contributed by atoms with E-state index in [1.807, 2.05) is 52.0 Å². The third-order valence-corrected chi connectivity index (χ3v) is 5.75. The first-order chi connectivity index (χ1) is 15.1. The molecule has 0 fully saturated rings. The Morgan fingerprint density at radius 3 is 2.47 bits per heavy atom. The first-order valence-electron chi connectivity index (χ1n) is 11.4. The van der Waals surface area contributed by atoms with Crippen LogP contribution in [0.1, 0.15) is 65.9 Å². The maximum atomic E-state index is 13.3. The Labute approximate surface area is 191 Å². The van der Waals surface area contributed by atoms with Crippen molar-refractivity contribution in [1.82, 2.24) is 5.32 Å². The van der Waals surface area contributed by atoms with Gasteiger partial charge in [0.25, 0.3) is 0 Å². The predicted molar refractivity (Wildman–Crippen MR) is 123 cm³/mol. The first kappa shape index (κ1) is 24.1. The zero-order valence-corrected chi connectivity index (χ0v) is 20.0. The van der Waals surface area contributed by atoms with Gasteiger partial charge in [-0.2, -0.15) is 0 Å². The number of ether oxygens (including phenoxy) is 3. The van der Waals surface area contributed by atoms with Gasteiger partial charge in [0.1, 0.15) is 12.4 Å². The van der Waals surface area contributed by atoms with Crippen molar-refractivity contribution in [3.05, 3.63) is 52.4 Å². The van der Waals surface area contributed by atoms with E-state index in [0.717, 1.165) is 29.1 Å². The molecule has 1 aromatic rings. The summed E-state index contributed by atoms with van der Waals surface area (Å²) in [5.74, 6) is -0.0656. The monoisotopic (exact) mass is 441 g/mol. The Morgan fingerprint density at radius 2 is 1.84 bits per heavy atom. The minimum absolute atomic E-state index is 0.0681. The molecule has 0 saturated heterocycles. The predicted octanol–water partition coefficient (Wildman–Crippen LogP) is 4.66. The molecule has 1 N–H and O–H groups in total. The van der Waals surface area contributed by atoms with E-state index in [0.29, 0.717) is 30.8 Å². The Balaban J connectivity index is 1.97. The number of carbonyl (C=O) groups excluding carboxylic acids is 2. The lowest BCUT2D eigenvalue weighted by atomic mass is 9.68. The normalized spacial score (nSPS) is 20.2. The molecule has 0 amide bonds. The van der Waals surface area contributed by atoms with Crippen LogP contribution in [0.3, 0.4) is 0 Å². The smallest absolute Gasteiger partial charge is 0.336 e. The van der Waals surface area contributed by atoms with Crippen molar-refractivity contribution >= 4 is 11.8 Å². The van der Waals surface area contributed by atoms with Crippen molar-refractivity contribution in [3.63, 3.8) is 0 Å². The van der Waals surface area contributed by atoms with E-state index in [-0.39, 0.29) is 23.9 Å². The number of esters is 1. The number of hydrogen-bond acceptors (Lipinski definition) is 6. The van der Waals surface area contributed by atoms with Crippen molar-refractivity contribution in [2.75, 3.05) is 19.8 Å². The Kier molecular flexibility index (Phi) is 7.44. The van der Waals surface area contributed by atoms with Gasteiger partial charge >= 0.3 is 5.97 Å². The van der Waals surface area contributed by atoms with Crippen LogP contribution in [0, 0.1) is 5.41 Å². The molecule has 1 aromatic carbocycles. The maximum absolute atomic E-state index is 13.3. The molecular weight excluding hydrogens is 406 g/mol. The number of carbonyl (C=O) groups is 2. The molecule has 6 heteroatoms. The van der Waals surface area contributed by atoms with Crippen LogP contribution >= 0.6 is 0 Å². The summed E-state index contributed by atoms with van der Waals surface area (Å²) in [5.41, 5.74) is 3.53. The van der Waals surface area contributed by atoms with E-state index >= 15 is 0 Å². The largest absolute Gasteiger partial charge is 0.494 e. The van der Waals surface area contributed by atoms with E-state index in [9.17, 15) is 9.59 Å². The van der Waals surface area contributed by atoms with Gasteiger partial charge in [-0.1, -0.05) is 26.0 Å². The third-order valence-electron chi connectivity index (χ3n) is 5.75. The van der Waals surface area contributed by atoms with Crippen molar-refractivity contribution < 1.29 is 23.8 Å². The molecule has 3 rings (SSSR count). The summed E-state index contributed by atoms with van der Waals surface area (Å²) in [6.45, 7) is 12.9. The Bertz CT molecular complexity index is 924. The molecule has 1 aliphatic carbocycles.